The molecule has 0 radical (unpaired) electrons. The molecule has 0 saturated heterocycles. The van der Waals surface area contributed by atoms with Crippen molar-refractivity contribution in [2.45, 2.75) is 13.1 Å². The molecule has 0 saturated carbocycles. The van der Waals surface area contributed by atoms with E-state index in [2.05, 4.69) is 5.10 Å². The van der Waals surface area contributed by atoms with Gasteiger partial charge in [0.15, 0.2) is 5.69 Å². The predicted octanol–water partition coefficient (Wildman–Crippen LogP) is 5.70. The second-order valence-electron chi connectivity index (χ2n) is 4.62. The maximum atomic E-state index is 12.7. The molecule has 126 valence electrons. The van der Waals surface area contributed by atoms with Gasteiger partial charge in [-0.25, -0.2) is 4.68 Å². The molecule has 0 fully saturated rings. The Bertz CT molecular complexity index is 851. The zero-order valence-corrected chi connectivity index (χ0v) is 13.2. The summed E-state index contributed by atoms with van der Waals surface area (Å²) in [5.74, 6) is 0. The monoisotopic (exact) mass is 381 g/mol. The topological polar surface area (TPSA) is 41.6 Å². The van der Waals surface area contributed by atoms with E-state index in [1.807, 2.05) is 0 Å². The van der Waals surface area contributed by atoms with Crippen LogP contribution in [0.15, 0.2) is 24.4 Å². The van der Waals surface area contributed by atoms with Crippen molar-refractivity contribution in [3.05, 3.63) is 51.3 Å². The lowest BCUT2D eigenvalue weighted by Crippen LogP contribution is -2.07. The third kappa shape index (κ3) is 3.37. The summed E-state index contributed by atoms with van der Waals surface area (Å²) in [6.45, 7) is 1.08. The fraction of sp³-hybridized carbons (Fsp3) is 0.143. The Kier molecular flexibility index (Phi) is 4.87. The highest BCUT2D eigenvalue weighted by atomic mass is 35.5. The van der Waals surface area contributed by atoms with Crippen LogP contribution in [0.1, 0.15) is 23.7 Å². The van der Waals surface area contributed by atoms with Crippen molar-refractivity contribution in [2.24, 2.45) is 0 Å². The molecule has 1 aromatic carbocycles. The van der Waals surface area contributed by atoms with Crippen LogP contribution < -0.4 is 0 Å². The van der Waals surface area contributed by atoms with Crippen LogP contribution in [0.5, 0.6) is 0 Å². The second kappa shape index (κ2) is 6.42. The third-order valence-corrected chi connectivity index (χ3v) is 3.66. The molecule has 2 aromatic rings. The van der Waals surface area contributed by atoms with E-state index in [-0.39, 0.29) is 16.9 Å². The lowest BCUT2D eigenvalue weighted by Gasteiger charge is -2.12. The number of halogens is 7. The molecule has 3 nitrogen and oxygen atoms in total. The Morgan fingerprint density at radius 2 is 1.75 bits per heavy atom. The maximum absolute atomic E-state index is 12.7. The lowest BCUT2D eigenvalue weighted by atomic mass is 10.1. The Hall–Kier alpha value is -2.11. The summed E-state index contributed by atoms with van der Waals surface area (Å²) in [6, 6.07) is 2.90. The van der Waals surface area contributed by atoms with Gasteiger partial charge in [0, 0.05) is 17.3 Å². The number of hydrogen-bond donors (Lipinski definition) is 0. The molecule has 0 aliphatic carbocycles. The van der Waals surface area contributed by atoms with Gasteiger partial charge in [-0.3, -0.25) is 0 Å². The minimum atomic E-state index is -4.66. The lowest BCUT2D eigenvalue weighted by molar-refractivity contribution is -0.137. The van der Waals surface area contributed by atoms with E-state index in [9.17, 15) is 22.0 Å². The fourth-order valence-electron chi connectivity index (χ4n) is 1.90. The van der Waals surface area contributed by atoms with Gasteiger partial charge >= 0.3 is 6.18 Å². The normalized spacial score (nSPS) is 11.3. The van der Waals surface area contributed by atoms with Gasteiger partial charge in [-0.05, 0) is 19.1 Å². The summed E-state index contributed by atoms with van der Waals surface area (Å²) >= 11 is 11.7. The minimum Gasteiger partial charge on any atom is -0.236 e. The smallest absolute Gasteiger partial charge is 0.236 e. The van der Waals surface area contributed by atoms with Gasteiger partial charge in [0.1, 0.15) is 11.8 Å². The molecule has 0 spiro atoms. The standard InChI is InChI=1S/C14H6Cl2F5N3/c1-6(13(17)18)8-5-24(23-11(8)4-22)12-9(15)2-7(3-10(12)16)14(19,20)21/h2-3,5H,1H3. The van der Waals surface area contributed by atoms with E-state index in [0.29, 0.717) is 12.1 Å². The Morgan fingerprint density at radius 1 is 1.21 bits per heavy atom. The molecular weight excluding hydrogens is 376 g/mol. The summed E-state index contributed by atoms with van der Waals surface area (Å²) < 4.78 is 64.6. The number of alkyl halides is 3. The highest BCUT2D eigenvalue weighted by Crippen LogP contribution is 2.38. The van der Waals surface area contributed by atoms with Gasteiger partial charge in [-0.1, -0.05) is 23.2 Å². The second-order valence-corrected chi connectivity index (χ2v) is 5.43. The zero-order valence-electron chi connectivity index (χ0n) is 11.7. The SMILES string of the molecule is CC(=C(F)F)c1cn(-c2c(Cl)cc(C(F)(F)F)cc2Cl)nc1C#N. The van der Waals surface area contributed by atoms with Gasteiger partial charge in [0.25, 0.3) is 6.08 Å². The summed E-state index contributed by atoms with van der Waals surface area (Å²) in [6.07, 6.45) is -5.63. The number of nitriles is 1. The number of aromatic nitrogens is 2. The van der Waals surface area contributed by atoms with E-state index < -0.39 is 33.4 Å². The molecule has 0 bridgehead atoms. The van der Waals surface area contributed by atoms with Crippen LogP contribution in [0, 0.1) is 11.3 Å². The molecule has 1 aromatic heterocycles. The van der Waals surface area contributed by atoms with E-state index >= 15 is 0 Å². The largest absolute Gasteiger partial charge is 0.416 e. The van der Waals surface area contributed by atoms with Crippen LogP contribution >= 0.6 is 23.2 Å². The van der Waals surface area contributed by atoms with Crippen LogP contribution in [-0.2, 0) is 6.18 Å². The highest BCUT2D eigenvalue weighted by Gasteiger charge is 2.32. The first-order chi connectivity index (χ1) is 11.1. The van der Waals surface area contributed by atoms with E-state index in [1.54, 1.807) is 6.07 Å². The summed E-state index contributed by atoms with van der Waals surface area (Å²) in [4.78, 5) is 0. The van der Waals surface area contributed by atoms with Crippen molar-refractivity contribution in [3.63, 3.8) is 0 Å². The van der Waals surface area contributed by atoms with Crippen molar-refractivity contribution < 1.29 is 22.0 Å². The first-order valence-corrected chi connectivity index (χ1v) is 6.90. The molecule has 0 aliphatic heterocycles. The molecular formula is C14H6Cl2F5N3. The van der Waals surface area contributed by atoms with E-state index in [4.69, 9.17) is 28.5 Å². The van der Waals surface area contributed by atoms with Crippen LogP contribution in [-0.4, -0.2) is 9.78 Å². The predicted molar refractivity (Wildman–Crippen MR) is 78.1 cm³/mol. The van der Waals surface area contributed by atoms with Crippen molar-refractivity contribution in [2.75, 3.05) is 0 Å². The minimum absolute atomic E-state index is 0.152. The van der Waals surface area contributed by atoms with Gasteiger partial charge in [-0.15, -0.1) is 0 Å². The van der Waals surface area contributed by atoms with Gasteiger partial charge in [0.2, 0.25) is 0 Å². The quantitative estimate of drug-likeness (QED) is 0.626. The average Bonchev–Trinajstić information content (AvgIpc) is 2.88. The first-order valence-electron chi connectivity index (χ1n) is 6.15. The van der Waals surface area contributed by atoms with Gasteiger partial charge in [0.05, 0.1) is 15.6 Å². The van der Waals surface area contributed by atoms with Crippen molar-refractivity contribution in [1.82, 2.24) is 9.78 Å². The fourth-order valence-corrected chi connectivity index (χ4v) is 2.56. The number of hydrogen-bond acceptors (Lipinski definition) is 2. The summed E-state index contributed by atoms with van der Waals surface area (Å²) in [5, 5.41) is 12.0. The molecule has 0 aliphatic rings. The molecule has 0 amide bonds. The number of allylic oxidation sites excluding steroid dienone is 1. The molecule has 1 heterocycles. The van der Waals surface area contributed by atoms with Crippen molar-refractivity contribution in [1.29, 1.82) is 5.26 Å². The van der Waals surface area contributed by atoms with Gasteiger partial charge in [-0.2, -0.15) is 32.3 Å². The summed E-state index contributed by atoms with van der Waals surface area (Å²) in [7, 11) is 0. The molecule has 0 atom stereocenters. The highest BCUT2D eigenvalue weighted by molar-refractivity contribution is 6.37. The van der Waals surface area contributed by atoms with Crippen LogP contribution in [0.25, 0.3) is 11.3 Å². The molecule has 2 rings (SSSR count). The van der Waals surface area contributed by atoms with Crippen molar-refractivity contribution >= 4 is 28.8 Å². The van der Waals surface area contributed by atoms with E-state index in [1.165, 1.54) is 0 Å². The summed E-state index contributed by atoms with van der Waals surface area (Å²) in [5.41, 5.74) is -2.23. The number of nitrogens with zero attached hydrogens (tertiary/aromatic N) is 3. The van der Waals surface area contributed by atoms with E-state index in [0.717, 1.165) is 17.8 Å². The number of rotatable bonds is 2. The number of benzene rings is 1. The van der Waals surface area contributed by atoms with Crippen LogP contribution in [0.2, 0.25) is 10.0 Å². The van der Waals surface area contributed by atoms with Crippen molar-refractivity contribution in [3.8, 4) is 11.8 Å². The average molecular weight is 382 g/mol. The third-order valence-electron chi connectivity index (χ3n) is 3.08. The maximum Gasteiger partial charge on any atom is 0.416 e. The Morgan fingerprint density at radius 3 is 2.17 bits per heavy atom. The Labute approximate surface area is 142 Å². The zero-order chi connectivity index (χ0) is 18.2. The van der Waals surface area contributed by atoms with Crippen LogP contribution in [0.3, 0.4) is 0 Å². The first kappa shape index (κ1) is 18.2. The molecule has 24 heavy (non-hydrogen) atoms. The molecule has 10 heteroatoms. The molecule has 0 N–H and O–H groups in total. The molecule has 0 unspecified atom stereocenters. The Balaban J connectivity index is 2.67. The van der Waals surface area contributed by atoms with Crippen LogP contribution in [0.4, 0.5) is 22.0 Å². The van der Waals surface area contributed by atoms with Gasteiger partial charge < -0.3 is 0 Å².